The molecule has 2 N–H and O–H groups in total. The first-order valence-electron chi connectivity index (χ1n) is 5.84. The number of carbonyl (C=O) groups is 1. The van der Waals surface area contributed by atoms with Crippen LogP contribution in [0.25, 0.3) is 0 Å². The minimum absolute atomic E-state index is 0.0420. The molecule has 1 aliphatic carbocycles. The Morgan fingerprint density at radius 3 is 2.62 bits per heavy atom. The number of hydrogen-bond acceptors (Lipinski definition) is 3. The second-order valence-corrected chi connectivity index (χ2v) is 6.05. The summed E-state index contributed by atoms with van der Waals surface area (Å²) in [4.78, 5) is 11.5. The van der Waals surface area contributed by atoms with Gasteiger partial charge in [0, 0.05) is 12.6 Å². The molecule has 1 fully saturated rings. The van der Waals surface area contributed by atoms with Gasteiger partial charge in [-0.3, -0.25) is 0 Å². The molecule has 1 rings (SSSR count). The fourth-order valence-corrected chi connectivity index (χ4v) is 2.06. The highest BCUT2D eigenvalue weighted by Crippen LogP contribution is 2.37. The van der Waals surface area contributed by atoms with Gasteiger partial charge in [0.15, 0.2) is 0 Å². The van der Waals surface area contributed by atoms with Crippen molar-refractivity contribution in [2.45, 2.75) is 58.6 Å². The third kappa shape index (κ3) is 4.00. The smallest absolute Gasteiger partial charge is 0.407 e. The van der Waals surface area contributed by atoms with Gasteiger partial charge in [-0.1, -0.05) is 6.92 Å². The van der Waals surface area contributed by atoms with E-state index >= 15 is 0 Å². The van der Waals surface area contributed by atoms with Crippen molar-refractivity contribution in [1.82, 2.24) is 5.32 Å². The van der Waals surface area contributed by atoms with Crippen molar-refractivity contribution < 1.29 is 14.6 Å². The molecule has 0 aromatic carbocycles. The number of aliphatic hydroxyl groups is 1. The Balaban J connectivity index is 2.37. The minimum atomic E-state index is -0.455. The molecule has 0 radical (unpaired) electrons. The van der Waals surface area contributed by atoms with Crippen molar-refractivity contribution >= 4 is 6.09 Å². The number of aliphatic hydroxyl groups excluding tert-OH is 1. The summed E-state index contributed by atoms with van der Waals surface area (Å²) in [6, 6.07) is 0.131. The number of amides is 1. The van der Waals surface area contributed by atoms with Gasteiger partial charge < -0.3 is 15.2 Å². The van der Waals surface area contributed by atoms with Crippen LogP contribution in [0, 0.1) is 5.41 Å². The molecular weight excluding hydrogens is 206 g/mol. The van der Waals surface area contributed by atoms with Crippen LogP contribution in [0.1, 0.15) is 47.0 Å². The number of hydrogen-bond donors (Lipinski definition) is 2. The van der Waals surface area contributed by atoms with E-state index in [4.69, 9.17) is 4.74 Å². The lowest BCUT2D eigenvalue weighted by atomic mass is 9.90. The first kappa shape index (κ1) is 13.3. The van der Waals surface area contributed by atoms with E-state index in [1.54, 1.807) is 0 Å². The first-order valence-corrected chi connectivity index (χ1v) is 5.84. The maximum atomic E-state index is 11.5. The summed E-state index contributed by atoms with van der Waals surface area (Å²) < 4.78 is 5.19. The standard InChI is InChI=1S/C12H23NO3/c1-11(2,3)16-10(15)13-9-5-6-12(4,7-9)8-14/h9,14H,5-8H2,1-4H3,(H,13,15). The molecular formula is C12H23NO3. The largest absolute Gasteiger partial charge is 0.444 e. The van der Waals surface area contributed by atoms with Crippen LogP contribution in [0.15, 0.2) is 0 Å². The van der Waals surface area contributed by atoms with Crippen LogP contribution in [-0.2, 0) is 4.74 Å². The van der Waals surface area contributed by atoms with Gasteiger partial charge in [-0.25, -0.2) is 4.79 Å². The molecule has 0 aromatic rings. The van der Waals surface area contributed by atoms with Crippen molar-refractivity contribution in [2.75, 3.05) is 6.61 Å². The molecule has 1 aliphatic rings. The molecule has 94 valence electrons. The van der Waals surface area contributed by atoms with Crippen LogP contribution in [0.4, 0.5) is 4.79 Å². The van der Waals surface area contributed by atoms with Crippen LogP contribution < -0.4 is 5.32 Å². The number of nitrogens with one attached hydrogen (secondary N) is 1. The van der Waals surface area contributed by atoms with E-state index in [9.17, 15) is 9.90 Å². The normalized spacial score (nSPS) is 30.2. The predicted octanol–water partition coefficient (Wildman–Crippen LogP) is 2.06. The molecule has 1 amide bonds. The number of ether oxygens (including phenoxy) is 1. The second kappa shape index (κ2) is 4.62. The first-order chi connectivity index (χ1) is 7.24. The molecule has 2 atom stereocenters. The maximum Gasteiger partial charge on any atom is 0.407 e. The third-order valence-corrected chi connectivity index (χ3v) is 2.94. The average molecular weight is 229 g/mol. The van der Waals surface area contributed by atoms with Crippen molar-refractivity contribution in [3.8, 4) is 0 Å². The summed E-state index contributed by atoms with van der Waals surface area (Å²) in [5, 5.41) is 12.1. The van der Waals surface area contributed by atoms with Crippen LogP contribution in [0.3, 0.4) is 0 Å². The van der Waals surface area contributed by atoms with Crippen LogP contribution in [0.2, 0.25) is 0 Å². The van der Waals surface area contributed by atoms with Gasteiger partial charge in [0.25, 0.3) is 0 Å². The van der Waals surface area contributed by atoms with Gasteiger partial charge in [0.05, 0.1) is 0 Å². The quantitative estimate of drug-likeness (QED) is 0.762. The molecule has 0 aromatic heterocycles. The molecule has 0 saturated heterocycles. The SMILES string of the molecule is CC1(CO)CCC(NC(=O)OC(C)(C)C)C1. The highest BCUT2D eigenvalue weighted by Gasteiger charge is 2.35. The molecule has 0 aliphatic heterocycles. The van der Waals surface area contributed by atoms with Gasteiger partial charge in [0.2, 0.25) is 0 Å². The summed E-state index contributed by atoms with van der Waals surface area (Å²) >= 11 is 0. The van der Waals surface area contributed by atoms with Crippen LogP contribution in [0.5, 0.6) is 0 Å². The summed E-state index contributed by atoms with van der Waals surface area (Å²) in [5.41, 5.74) is -0.497. The summed E-state index contributed by atoms with van der Waals surface area (Å²) in [5.74, 6) is 0. The number of carbonyl (C=O) groups excluding carboxylic acids is 1. The lowest BCUT2D eigenvalue weighted by molar-refractivity contribution is 0.0499. The van der Waals surface area contributed by atoms with Crippen molar-refractivity contribution in [2.24, 2.45) is 5.41 Å². The Bertz CT molecular complexity index is 259. The van der Waals surface area contributed by atoms with Crippen molar-refractivity contribution in [3.63, 3.8) is 0 Å². The van der Waals surface area contributed by atoms with Crippen molar-refractivity contribution in [1.29, 1.82) is 0 Å². The molecule has 0 heterocycles. The van der Waals surface area contributed by atoms with E-state index in [0.717, 1.165) is 19.3 Å². The van der Waals surface area contributed by atoms with Crippen LogP contribution in [-0.4, -0.2) is 29.4 Å². The number of rotatable bonds is 2. The molecule has 16 heavy (non-hydrogen) atoms. The van der Waals surface area contributed by atoms with Gasteiger partial charge >= 0.3 is 6.09 Å². The highest BCUT2D eigenvalue weighted by molar-refractivity contribution is 5.68. The summed E-state index contributed by atoms with van der Waals surface area (Å²) in [7, 11) is 0. The van der Waals surface area contributed by atoms with Crippen molar-refractivity contribution in [3.05, 3.63) is 0 Å². The zero-order valence-electron chi connectivity index (χ0n) is 10.7. The van der Waals surface area contributed by atoms with Gasteiger partial charge in [-0.05, 0) is 45.4 Å². The Morgan fingerprint density at radius 1 is 1.56 bits per heavy atom. The Hall–Kier alpha value is -0.770. The predicted molar refractivity (Wildman–Crippen MR) is 62.2 cm³/mol. The fourth-order valence-electron chi connectivity index (χ4n) is 2.06. The monoisotopic (exact) mass is 229 g/mol. The van der Waals surface area contributed by atoms with E-state index in [1.165, 1.54) is 0 Å². The molecule has 0 bridgehead atoms. The topological polar surface area (TPSA) is 58.6 Å². The summed E-state index contributed by atoms with van der Waals surface area (Å²) in [6.45, 7) is 7.76. The number of alkyl carbamates (subject to hydrolysis) is 1. The van der Waals surface area contributed by atoms with Gasteiger partial charge in [-0.15, -0.1) is 0 Å². The minimum Gasteiger partial charge on any atom is -0.444 e. The highest BCUT2D eigenvalue weighted by atomic mass is 16.6. The molecule has 4 nitrogen and oxygen atoms in total. The molecule has 1 saturated carbocycles. The Kier molecular flexibility index (Phi) is 3.84. The van der Waals surface area contributed by atoms with E-state index in [-0.39, 0.29) is 24.2 Å². The lowest BCUT2D eigenvalue weighted by Gasteiger charge is -2.23. The second-order valence-electron chi connectivity index (χ2n) is 6.05. The summed E-state index contributed by atoms with van der Waals surface area (Å²) in [6.07, 6.45) is 2.32. The van der Waals surface area contributed by atoms with Gasteiger partial charge in [-0.2, -0.15) is 0 Å². The molecule has 4 heteroatoms. The maximum absolute atomic E-state index is 11.5. The van der Waals surface area contributed by atoms with Crippen LogP contribution >= 0.6 is 0 Å². The zero-order chi connectivity index (χ0) is 12.4. The Morgan fingerprint density at radius 2 is 2.19 bits per heavy atom. The van der Waals surface area contributed by atoms with E-state index in [0.29, 0.717) is 0 Å². The molecule has 2 unspecified atom stereocenters. The third-order valence-electron chi connectivity index (χ3n) is 2.94. The molecule has 0 spiro atoms. The van der Waals surface area contributed by atoms with E-state index in [2.05, 4.69) is 5.32 Å². The Labute approximate surface area is 97.4 Å². The van der Waals surface area contributed by atoms with E-state index in [1.807, 2.05) is 27.7 Å². The zero-order valence-corrected chi connectivity index (χ0v) is 10.7. The van der Waals surface area contributed by atoms with Gasteiger partial charge in [0.1, 0.15) is 5.60 Å². The van der Waals surface area contributed by atoms with E-state index < -0.39 is 5.60 Å². The fraction of sp³-hybridized carbons (Fsp3) is 0.917. The lowest BCUT2D eigenvalue weighted by Crippen LogP contribution is -2.38. The average Bonchev–Trinajstić information content (AvgIpc) is 2.45.